The summed E-state index contributed by atoms with van der Waals surface area (Å²) >= 11 is 5.84. The van der Waals surface area contributed by atoms with E-state index in [1.165, 1.54) is 5.57 Å². The number of allylic oxidation sites excluding steroid dienone is 2. The van der Waals surface area contributed by atoms with Gasteiger partial charge in [-0.3, -0.25) is 9.59 Å². The van der Waals surface area contributed by atoms with E-state index in [9.17, 15) is 14.7 Å². The molecule has 0 aromatic heterocycles. The first-order valence-corrected chi connectivity index (χ1v) is 10.2. The van der Waals surface area contributed by atoms with Crippen molar-refractivity contribution in [2.45, 2.75) is 63.3 Å². The quantitative estimate of drug-likeness (QED) is 0.594. The second-order valence-electron chi connectivity index (χ2n) is 9.34. The number of hydrogen-bond acceptors (Lipinski definition) is 4. The van der Waals surface area contributed by atoms with Crippen molar-refractivity contribution in [3.8, 4) is 0 Å². The number of fused-ring (bicyclic) bond motifs is 3. The second kappa shape index (κ2) is 4.89. The van der Waals surface area contributed by atoms with Crippen molar-refractivity contribution in [2.75, 3.05) is 5.88 Å². The van der Waals surface area contributed by atoms with Crippen molar-refractivity contribution in [3.05, 3.63) is 23.8 Å². The Morgan fingerprint density at radius 3 is 2.85 bits per heavy atom. The molecule has 0 bridgehead atoms. The van der Waals surface area contributed by atoms with Crippen LogP contribution in [-0.4, -0.2) is 39.9 Å². The number of ketones is 2. The molecule has 1 heterocycles. The Bertz CT molecular complexity index is 787. The minimum absolute atomic E-state index is 0.0213. The van der Waals surface area contributed by atoms with E-state index in [2.05, 4.69) is 13.8 Å². The number of alkyl halides is 1. The average Bonchev–Trinajstić information content (AvgIpc) is 3.27. The van der Waals surface area contributed by atoms with Crippen LogP contribution in [0.4, 0.5) is 0 Å². The molecule has 26 heavy (non-hydrogen) atoms. The molecule has 1 spiro atoms. The van der Waals surface area contributed by atoms with Gasteiger partial charge in [0.25, 0.3) is 0 Å². The molecule has 1 aliphatic heterocycles. The van der Waals surface area contributed by atoms with E-state index < -0.39 is 11.0 Å². The van der Waals surface area contributed by atoms with Crippen LogP contribution in [0.2, 0.25) is 0 Å². The molecule has 5 aliphatic rings. The normalized spacial score (nSPS) is 53.9. The first-order valence-electron chi connectivity index (χ1n) is 9.67. The molecule has 0 amide bonds. The van der Waals surface area contributed by atoms with Gasteiger partial charge in [-0.1, -0.05) is 18.6 Å². The van der Waals surface area contributed by atoms with Crippen molar-refractivity contribution in [1.82, 2.24) is 0 Å². The molecule has 1 unspecified atom stereocenters. The van der Waals surface area contributed by atoms with Crippen molar-refractivity contribution in [3.63, 3.8) is 0 Å². The number of epoxide rings is 1. The monoisotopic (exact) mass is 376 g/mol. The Kier molecular flexibility index (Phi) is 3.23. The van der Waals surface area contributed by atoms with Gasteiger partial charge in [-0.2, -0.15) is 0 Å². The highest BCUT2D eigenvalue weighted by Crippen LogP contribution is 2.75. The summed E-state index contributed by atoms with van der Waals surface area (Å²) in [6.07, 6.45) is 9.36. The summed E-state index contributed by atoms with van der Waals surface area (Å²) in [5.41, 5.74) is -1.19. The van der Waals surface area contributed by atoms with Crippen molar-refractivity contribution >= 4 is 23.2 Å². The maximum absolute atomic E-state index is 12.5. The maximum atomic E-state index is 12.5. The summed E-state index contributed by atoms with van der Waals surface area (Å²) in [6, 6.07) is 0. The molecular formula is C21H25ClO4. The summed E-state index contributed by atoms with van der Waals surface area (Å²) < 4.78 is 6.43. The molecule has 1 N–H and O–H groups in total. The molecule has 4 nitrogen and oxygen atoms in total. The van der Waals surface area contributed by atoms with Gasteiger partial charge in [0.05, 0.1) is 12.0 Å². The average molecular weight is 377 g/mol. The van der Waals surface area contributed by atoms with E-state index in [0.717, 1.165) is 19.3 Å². The molecule has 0 aromatic rings. The molecule has 1 saturated heterocycles. The van der Waals surface area contributed by atoms with Gasteiger partial charge in [0.1, 0.15) is 11.2 Å². The van der Waals surface area contributed by atoms with Gasteiger partial charge in [-0.05, 0) is 63.0 Å². The highest BCUT2D eigenvalue weighted by Gasteiger charge is 2.80. The molecule has 0 aromatic carbocycles. The topological polar surface area (TPSA) is 66.9 Å². The maximum Gasteiger partial charge on any atom is 0.179 e. The van der Waals surface area contributed by atoms with Crippen LogP contribution in [0, 0.1) is 22.7 Å². The SMILES string of the molecule is C[C@]12C=CC(=O)C=C1CC[C@H]1[C@@H]3CC[C@](O)(C(=O)CCl)[C@@]3(C)CC3O[C@]312. The van der Waals surface area contributed by atoms with E-state index in [1.807, 2.05) is 6.08 Å². The predicted octanol–water partition coefficient (Wildman–Crippen LogP) is 2.96. The molecule has 4 aliphatic carbocycles. The first-order chi connectivity index (χ1) is 12.2. The Hall–Kier alpha value is -0.970. The van der Waals surface area contributed by atoms with Gasteiger partial charge in [-0.15, -0.1) is 11.6 Å². The summed E-state index contributed by atoms with van der Waals surface area (Å²) in [6.45, 7) is 4.26. The Labute approximate surface area is 158 Å². The fraction of sp³-hybridized carbons (Fsp3) is 0.714. The minimum atomic E-state index is -1.34. The summed E-state index contributed by atoms with van der Waals surface area (Å²) in [7, 11) is 0. The zero-order chi connectivity index (χ0) is 18.5. The smallest absolute Gasteiger partial charge is 0.179 e. The molecule has 5 rings (SSSR count). The molecule has 4 fully saturated rings. The number of Topliss-reactive ketones (excluding diaryl/α,β-unsaturated/α-hetero) is 1. The lowest BCUT2D eigenvalue weighted by Gasteiger charge is -2.55. The fourth-order valence-electron chi connectivity index (χ4n) is 7.22. The molecule has 7 atom stereocenters. The Morgan fingerprint density at radius 2 is 2.12 bits per heavy atom. The number of aliphatic hydroxyl groups is 1. The van der Waals surface area contributed by atoms with Crippen molar-refractivity contribution < 1.29 is 19.4 Å². The third-order valence-corrected chi connectivity index (χ3v) is 8.91. The van der Waals surface area contributed by atoms with Crippen molar-refractivity contribution in [1.29, 1.82) is 0 Å². The van der Waals surface area contributed by atoms with E-state index in [-0.39, 0.29) is 40.5 Å². The zero-order valence-corrected chi connectivity index (χ0v) is 16.0. The van der Waals surface area contributed by atoms with Crippen LogP contribution >= 0.6 is 11.6 Å². The molecular weight excluding hydrogens is 352 g/mol. The first kappa shape index (κ1) is 17.2. The highest BCUT2D eigenvalue weighted by molar-refractivity contribution is 6.29. The lowest BCUT2D eigenvalue weighted by Crippen LogP contribution is -2.61. The van der Waals surface area contributed by atoms with Crippen LogP contribution in [0.15, 0.2) is 23.8 Å². The lowest BCUT2D eigenvalue weighted by atomic mass is 9.47. The summed E-state index contributed by atoms with van der Waals surface area (Å²) in [4.78, 5) is 24.4. The Morgan fingerprint density at radius 1 is 1.35 bits per heavy atom. The van der Waals surface area contributed by atoms with E-state index in [4.69, 9.17) is 16.3 Å². The second-order valence-corrected chi connectivity index (χ2v) is 9.60. The van der Waals surface area contributed by atoms with Crippen LogP contribution in [0.5, 0.6) is 0 Å². The summed E-state index contributed by atoms with van der Waals surface area (Å²) in [5, 5.41) is 11.3. The number of ether oxygens (including phenoxy) is 1. The number of carbonyl (C=O) groups is 2. The van der Waals surface area contributed by atoms with Crippen LogP contribution < -0.4 is 0 Å². The number of halogens is 1. The van der Waals surface area contributed by atoms with Gasteiger partial charge in [0, 0.05) is 10.8 Å². The van der Waals surface area contributed by atoms with Gasteiger partial charge < -0.3 is 9.84 Å². The molecule has 3 saturated carbocycles. The third kappa shape index (κ3) is 1.66. The van der Waals surface area contributed by atoms with Crippen LogP contribution in [0.3, 0.4) is 0 Å². The van der Waals surface area contributed by atoms with Gasteiger partial charge in [0.15, 0.2) is 11.6 Å². The molecule has 0 radical (unpaired) electrons. The Balaban J connectivity index is 1.58. The van der Waals surface area contributed by atoms with E-state index >= 15 is 0 Å². The lowest BCUT2D eigenvalue weighted by molar-refractivity contribution is -0.154. The largest absolute Gasteiger partial charge is 0.381 e. The molecule has 5 heteroatoms. The van der Waals surface area contributed by atoms with Crippen LogP contribution in [0.25, 0.3) is 0 Å². The van der Waals surface area contributed by atoms with E-state index in [0.29, 0.717) is 18.8 Å². The van der Waals surface area contributed by atoms with Crippen LogP contribution in [0.1, 0.15) is 46.0 Å². The van der Waals surface area contributed by atoms with E-state index in [1.54, 1.807) is 12.2 Å². The zero-order valence-electron chi connectivity index (χ0n) is 15.3. The van der Waals surface area contributed by atoms with Crippen molar-refractivity contribution in [2.24, 2.45) is 22.7 Å². The van der Waals surface area contributed by atoms with Gasteiger partial charge in [0.2, 0.25) is 0 Å². The van der Waals surface area contributed by atoms with Crippen LogP contribution in [-0.2, 0) is 14.3 Å². The number of hydrogen-bond donors (Lipinski definition) is 1. The predicted molar refractivity (Wildman–Crippen MR) is 96.8 cm³/mol. The summed E-state index contributed by atoms with van der Waals surface area (Å²) in [5.74, 6) is 0.206. The van der Waals surface area contributed by atoms with Gasteiger partial charge in [-0.25, -0.2) is 0 Å². The standard InChI is InChI=1S/C21H25ClO4/c1-18-7-5-13(23)9-12(18)3-4-15-14-6-8-20(25,16(24)11-22)19(14,2)10-17-21(15,18)26-17/h5,7,9,14-15,17,25H,3-4,6,8,10-11H2,1-2H3/t14-,15-,17?,18-,19-,20-,21-/m0/s1. The third-order valence-electron chi connectivity index (χ3n) is 8.67. The van der Waals surface area contributed by atoms with Gasteiger partial charge >= 0.3 is 0 Å². The fourth-order valence-corrected chi connectivity index (χ4v) is 7.44. The number of rotatable bonds is 2. The minimum Gasteiger partial charge on any atom is -0.381 e. The number of carbonyl (C=O) groups excluding carboxylic acids is 2. The molecule has 140 valence electrons. The highest BCUT2D eigenvalue weighted by atomic mass is 35.5.